The summed E-state index contributed by atoms with van der Waals surface area (Å²) in [7, 11) is 1.46. The molecule has 0 bridgehead atoms. The Bertz CT molecular complexity index is 767. The fourth-order valence-electron chi connectivity index (χ4n) is 3.81. The largest absolute Gasteiger partial charge is 0.451 e. The van der Waals surface area contributed by atoms with Crippen molar-refractivity contribution in [3.63, 3.8) is 0 Å². The molecule has 152 valence electrons. The molecular weight excluding hydrogens is 366 g/mol. The summed E-state index contributed by atoms with van der Waals surface area (Å²) in [5, 5.41) is 2.45. The minimum Gasteiger partial charge on any atom is -0.451 e. The lowest BCUT2D eigenvalue weighted by Crippen LogP contribution is -2.58. The Morgan fingerprint density at radius 2 is 1.96 bits per heavy atom. The Kier molecular flexibility index (Phi) is 5.39. The second kappa shape index (κ2) is 7.61. The van der Waals surface area contributed by atoms with Gasteiger partial charge < -0.3 is 19.5 Å². The number of carbonyl (C=O) groups excluding carboxylic acids is 4. The number of aromatic nitrogens is 1. The van der Waals surface area contributed by atoms with Gasteiger partial charge in [0.25, 0.3) is 11.8 Å². The van der Waals surface area contributed by atoms with Crippen molar-refractivity contribution in [3.8, 4) is 0 Å². The zero-order valence-electron chi connectivity index (χ0n) is 16.3. The molecule has 3 rings (SSSR count). The summed E-state index contributed by atoms with van der Waals surface area (Å²) < 4.78 is 4.86. The highest BCUT2D eigenvalue weighted by Gasteiger charge is 2.58. The summed E-state index contributed by atoms with van der Waals surface area (Å²) in [6.45, 7) is 4.67. The maximum absolute atomic E-state index is 13.2. The first-order chi connectivity index (χ1) is 13.3. The Balaban J connectivity index is 1.81. The molecule has 2 saturated heterocycles. The smallest absolute Gasteiger partial charge is 0.328 e. The number of imide groups is 1. The lowest BCUT2D eigenvalue weighted by Gasteiger charge is -2.42. The molecule has 10 nitrogen and oxygen atoms in total. The average molecular weight is 391 g/mol. The zero-order valence-corrected chi connectivity index (χ0v) is 16.3. The van der Waals surface area contributed by atoms with E-state index in [0.717, 1.165) is 4.90 Å². The number of amides is 5. The van der Waals surface area contributed by atoms with Crippen molar-refractivity contribution in [3.05, 3.63) is 18.4 Å². The molecule has 0 aliphatic carbocycles. The molecule has 2 aliphatic heterocycles. The molecule has 0 atom stereocenters. The minimum absolute atomic E-state index is 0.156. The molecule has 10 heteroatoms. The van der Waals surface area contributed by atoms with Crippen LogP contribution >= 0.6 is 0 Å². The van der Waals surface area contributed by atoms with Gasteiger partial charge in [-0.2, -0.15) is 0 Å². The number of oxazole rings is 1. The number of nitrogens with zero attached hydrogens (tertiary/aromatic N) is 4. The lowest BCUT2D eigenvalue weighted by molar-refractivity contribution is -0.138. The fraction of sp³-hybridized carbons (Fsp3) is 0.611. The molecule has 3 heterocycles. The van der Waals surface area contributed by atoms with Crippen molar-refractivity contribution in [2.24, 2.45) is 5.92 Å². The van der Waals surface area contributed by atoms with E-state index in [1.54, 1.807) is 9.80 Å². The van der Waals surface area contributed by atoms with Gasteiger partial charge in [-0.05, 0) is 18.8 Å². The van der Waals surface area contributed by atoms with Crippen LogP contribution in [0.4, 0.5) is 4.79 Å². The van der Waals surface area contributed by atoms with E-state index in [1.165, 1.54) is 19.7 Å². The number of rotatable bonds is 5. The highest BCUT2D eigenvalue weighted by molar-refractivity contribution is 6.09. The molecule has 5 amide bonds. The van der Waals surface area contributed by atoms with Crippen LogP contribution in [0.3, 0.4) is 0 Å². The number of hydrogen-bond acceptors (Lipinski definition) is 6. The number of hydrogen-bond donors (Lipinski definition) is 1. The van der Waals surface area contributed by atoms with Crippen molar-refractivity contribution in [2.45, 2.75) is 32.2 Å². The van der Waals surface area contributed by atoms with Crippen LogP contribution in [0.15, 0.2) is 17.1 Å². The van der Waals surface area contributed by atoms with E-state index in [0.29, 0.717) is 32.5 Å². The van der Waals surface area contributed by atoms with Crippen LogP contribution in [0, 0.1) is 5.92 Å². The number of piperidine rings is 1. The van der Waals surface area contributed by atoms with E-state index in [2.05, 4.69) is 10.3 Å². The van der Waals surface area contributed by atoms with E-state index >= 15 is 0 Å². The van der Waals surface area contributed by atoms with Crippen LogP contribution in [0.1, 0.15) is 37.2 Å². The van der Waals surface area contributed by atoms with Crippen LogP contribution in [0.25, 0.3) is 0 Å². The number of urea groups is 1. The molecule has 0 aromatic carbocycles. The summed E-state index contributed by atoms with van der Waals surface area (Å²) >= 11 is 0. The van der Waals surface area contributed by atoms with Crippen molar-refractivity contribution in [2.75, 3.05) is 33.2 Å². The van der Waals surface area contributed by atoms with Gasteiger partial charge in [0.05, 0.1) is 0 Å². The fourth-order valence-corrected chi connectivity index (χ4v) is 3.81. The topological polar surface area (TPSA) is 116 Å². The molecule has 2 fully saturated rings. The molecule has 0 unspecified atom stereocenters. The van der Waals surface area contributed by atoms with Crippen LogP contribution in [-0.4, -0.2) is 82.2 Å². The molecule has 1 spiro atoms. The van der Waals surface area contributed by atoms with E-state index in [9.17, 15) is 19.2 Å². The molecule has 1 aromatic heterocycles. The summed E-state index contributed by atoms with van der Waals surface area (Å²) in [5.41, 5.74) is -0.805. The van der Waals surface area contributed by atoms with Crippen molar-refractivity contribution in [1.29, 1.82) is 0 Å². The third-order valence-corrected chi connectivity index (χ3v) is 5.28. The van der Waals surface area contributed by atoms with Crippen LogP contribution in [0.2, 0.25) is 0 Å². The maximum atomic E-state index is 13.2. The molecule has 2 aliphatic rings. The second-order valence-electron chi connectivity index (χ2n) is 7.55. The molecule has 1 aromatic rings. The molecule has 1 N–H and O–H groups in total. The highest BCUT2D eigenvalue weighted by atomic mass is 16.3. The third-order valence-electron chi connectivity index (χ3n) is 5.28. The van der Waals surface area contributed by atoms with Crippen molar-refractivity contribution >= 4 is 23.8 Å². The quantitative estimate of drug-likeness (QED) is 0.723. The van der Waals surface area contributed by atoms with Gasteiger partial charge >= 0.3 is 6.03 Å². The summed E-state index contributed by atoms with van der Waals surface area (Å²) in [4.78, 5) is 58.5. The minimum atomic E-state index is -1.02. The van der Waals surface area contributed by atoms with Gasteiger partial charge in [0.2, 0.25) is 5.91 Å². The predicted molar refractivity (Wildman–Crippen MR) is 97.1 cm³/mol. The molecular formula is C18H25N5O5. The number of likely N-dealkylation sites (N-methyl/N-ethyl adjacent to an activating group) is 1. The molecule has 28 heavy (non-hydrogen) atoms. The second-order valence-corrected chi connectivity index (χ2v) is 7.55. The van der Waals surface area contributed by atoms with Gasteiger partial charge in [-0.1, -0.05) is 13.8 Å². The molecule has 0 saturated carbocycles. The Morgan fingerprint density at radius 1 is 1.29 bits per heavy atom. The normalized spacial score (nSPS) is 19.1. The standard InChI is InChI=1S/C18H25N5O5/c1-12(2)8-23-17(27)22(9-14(24)19-3)16(26)18(23)4-6-21(7-5-18)15(25)13-10-28-11-20-13/h10-12H,4-9H2,1-3H3,(H,19,24). The molecule has 0 radical (unpaired) electrons. The van der Waals surface area contributed by atoms with Crippen LogP contribution in [0.5, 0.6) is 0 Å². The van der Waals surface area contributed by atoms with Crippen molar-refractivity contribution in [1.82, 2.24) is 25.0 Å². The Hall–Kier alpha value is -2.91. The van der Waals surface area contributed by atoms with Gasteiger partial charge in [0, 0.05) is 26.7 Å². The van der Waals surface area contributed by atoms with Crippen LogP contribution in [-0.2, 0) is 9.59 Å². The first-order valence-electron chi connectivity index (χ1n) is 9.31. The monoisotopic (exact) mass is 391 g/mol. The highest BCUT2D eigenvalue weighted by Crippen LogP contribution is 2.38. The SMILES string of the molecule is CNC(=O)CN1C(=O)N(CC(C)C)C2(CCN(C(=O)c3cocn3)CC2)C1=O. The lowest BCUT2D eigenvalue weighted by atomic mass is 9.85. The van der Waals surface area contributed by atoms with E-state index in [1.807, 2.05) is 13.8 Å². The van der Waals surface area contributed by atoms with Gasteiger partial charge in [0.15, 0.2) is 12.1 Å². The Labute approximate surface area is 162 Å². The number of likely N-dealkylation sites (tertiary alicyclic amines) is 1. The van der Waals surface area contributed by atoms with Gasteiger partial charge in [0.1, 0.15) is 18.3 Å². The van der Waals surface area contributed by atoms with E-state index in [-0.39, 0.29) is 30.0 Å². The van der Waals surface area contributed by atoms with Crippen LogP contribution < -0.4 is 5.32 Å². The number of carbonyl (C=O) groups is 4. The predicted octanol–water partition coefficient (Wildman–Crippen LogP) is 0.316. The first-order valence-corrected chi connectivity index (χ1v) is 9.31. The zero-order chi connectivity index (χ0) is 20.5. The maximum Gasteiger partial charge on any atom is 0.328 e. The van der Waals surface area contributed by atoms with E-state index < -0.39 is 17.5 Å². The van der Waals surface area contributed by atoms with Crippen molar-refractivity contribution < 1.29 is 23.6 Å². The Morgan fingerprint density at radius 3 is 2.50 bits per heavy atom. The van der Waals surface area contributed by atoms with Gasteiger partial charge in [-0.25, -0.2) is 9.78 Å². The average Bonchev–Trinajstić information content (AvgIpc) is 3.27. The summed E-state index contributed by atoms with van der Waals surface area (Å²) in [6, 6.07) is -0.446. The first kappa shape index (κ1) is 19.8. The number of nitrogens with one attached hydrogen (secondary N) is 1. The van der Waals surface area contributed by atoms with E-state index in [4.69, 9.17) is 4.42 Å². The van der Waals surface area contributed by atoms with Gasteiger partial charge in [-0.3, -0.25) is 19.3 Å². The van der Waals surface area contributed by atoms with Gasteiger partial charge in [-0.15, -0.1) is 0 Å². The summed E-state index contributed by atoms with van der Waals surface area (Å²) in [6.07, 6.45) is 3.11. The third kappa shape index (κ3) is 3.34. The summed E-state index contributed by atoms with van der Waals surface area (Å²) in [5.74, 6) is -0.876.